The van der Waals surface area contributed by atoms with Gasteiger partial charge in [0.1, 0.15) is 0 Å². The molecule has 0 bridgehead atoms. The van der Waals surface area contributed by atoms with Crippen LogP contribution in [0, 0.1) is 6.92 Å². The number of rotatable bonds is 2. The highest BCUT2D eigenvalue weighted by molar-refractivity contribution is 7.23. The van der Waals surface area contributed by atoms with Crippen LogP contribution in [-0.4, -0.2) is 9.97 Å². The van der Waals surface area contributed by atoms with Gasteiger partial charge in [0, 0.05) is 27.5 Å². The first kappa shape index (κ1) is 13.6. The Kier molecular flexibility index (Phi) is 2.87. The molecule has 0 spiro atoms. The van der Waals surface area contributed by atoms with Crippen molar-refractivity contribution in [3.05, 3.63) is 66.2 Å². The van der Waals surface area contributed by atoms with E-state index in [2.05, 4.69) is 59.7 Å². The van der Waals surface area contributed by atoms with Crippen LogP contribution >= 0.6 is 11.3 Å². The number of benzene rings is 3. The molecule has 2 heterocycles. The number of aryl methyl sites for hydroxylation is 1. The number of hydrogen-bond donors (Lipinski definition) is 2. The third-order valence-corrected chi connectivity index (χ3v) is 5.34. The molecule has 116 valence electrons. The number of H-pyrrole nitrogens is 1. The lowest BCUT2D eigenvalue weighted by Gasteiger charge is -2.00. The third kappa shape index (κ3) is 2.00. The molecular weight excluding hydrogens is 314 g/mol. The summed E-state index contributed by atoms with van der Waals surface area (Å²) in [5.74, 6) is 0. The molecule has 5 aromatic rings. The van der Waals surface area contributed by atoms with Gasteiger partial charge in [0.05, 0.1) is 10.2 Å². The van der Waals surface area contributed by atoms with Crippen molar-refractivity contribution in [1.29, 1.82) is 0 Å². The summed E-state index contributed by atoms with van der Waals surface area (Å²) in [6.07, 6.45) is 0. The Morgan fingerprint density at radius 3 is 2.62 bits per heavy atom. The lowest BCUT2D eigenvalue weighted by atomic mass is 10.1. The van der Waals surface area contributed by atoms with Gasteiger partial charge < -0.3 is 10.3 Å². The normalized spacial score (nSPS) is 11.5. The third-order valence-electron chi connectivity index (χ3n) is 4.35. The molecule has 2 N–H and O–H groups in total. The number of para-hydroxylation sites is 2. The quantitative estimate of drug-likeness (QED) is 0.418. The highest BCUT2D eigenvalue weighted by Gasteiger charge is 2.14. The van der Waals surface area contributed by atoms with E-state index in [0.717, 1.165) is 16.3 Å². The van der Waals surface area contributed by atoms with Crippen LogP contribution in [-0.2, 0) is 0 Å². The van der Waals surface area contributed by atoms with Gasteiger partial charge in [-0.05, 0) is 36.8 Å². The van der Waals surface area contributed by atoms with Crippen molar-refractivity contribution >= 4 is 54.2 Å². The van der Waals surface area contributed by atoms with E-state index in [4.69, 9.17) is 4.98 Å². The highest BCUT2D eigenvalue weighted by Crippen LogP contribution is 2.39. The topological polar surface area (TPSA) is 40.7 Å². The highest BCUT2D eigenvalue weighted by atomic mass is 32.1. The Bertz CT molecular complexity index is 1190. The summed E-state index contributed by atoms with van der Waals surface area (Å²) in [5.41, 5.74) is 5.68. The van der Waals surface area contributed by atoms with Crippen LogP contribution in [0.2, 0.25) is 0 Å². The summed E-state index contributed by atoms with van der Waals surface area (Å²) >= 11 is 1.71. The number of thiazole rings is 1. The Morgan fingerprint density at radius 2 is 1.75 bits per heavy atom. The molecule has 0 unspecified atom stereocenters. The van der Waals surface area contributed by atoms with Crippen LogP contribution in [0.5, 0.6) is 0 Å². The van der Waals surface area contributed by atoms with Gasteiger partial charge in [0.15, 0.2) is 5.13 Å². The van der Waals surface area contributed by atoms with E-state index < -0.39 is 0 Å². The van der Waals surface area contributed by atoms with Gasteiger partial charge in [-0.1, -0.05) is 47.7 Å². The first-order valence-electron chi connectivity index (χ1n) is 7.92. The average Bonchev–Trinajstić information content (AvgIpc) is 3.16. The Labute approximate surface area is 143 Å². The van der Waals surface area contributed by atoms with Gasteiger partial charge in [-0.3, -0.25) is 0 Å². The fourth-order valence-corrected chi connectivity index (χ4v) is 4.38. The molecule has 0 atom stereocenters. The molecule has 0 radical (unpaired) electrons. The van der Waals surface area contributed by atoms with Crippen LogP contribution in [0.1, 0.15) is 5.56 Å². The molecule has 5 rings (SSSR count). The fourth-order valence-electron chi connectivity index (χ4n) is 3.26. The SMILES string of the molecule is Cc1cc2[nH]c3ccccc3c2c2sc(Nc3ccccc3)nc12. The van der Waals surface area contributed by atoms with Crippen molar-refractivity contribution in [2.24, 2.45) is 0 Å². The maximum Gasteiger partial charge on any atom is 0.188 e. The van der Waals surface area contributed by atoms with Crippen molar-refractivity contribution in [1.82, 2.24) is 9.97 Å². The Balaban J connectivity index is 1.78. The minimum atomic E-state index is 0.928. The van der Waals surface area contributed by atoms with Gasteiger partial charge in [-0.15, -0.1) is 0 Å². The first-order valence-corrected chi connectivity index (χ1v) is 8.74. The van der Waals surface area contributed by atoms with Gasteiger partial charge in [-0.25, -0.2) is 4.98 Å². The van der Waals surface area contributed by atoms with Gasteiger partial charge in [0.2, 0.25) is 0 Å². The zero-order valence-corrected chi connectivity index (χ0v) is 13.9. The molecule has 0 amide bonds. The van der Waals surface area contributed by atoms with Gasteiger partial charge in [0.25, 0.3) is 0 Å². The van der Waals surface area contributed by atoms with Crippen molar-refractivity contribution < 1.29 is 0 Å². The molecule has 3 aromatic carbocycles. The molecule has 24 heavy (non-hydrogen) atoms. The van der Waals surface area contributed by atoms with Crippen LogP contribution in [0.25, 0.3) is 32.0 Å². The summed E-state index contributed by atoms with van der Waals surface area (Å²) in [5, 5.41) is 6.88. The molecule has 0 aliphatic carbocycles. The van der Waals surface area contributed by atoms with Crippen molar-refractivity contribution in [2.75, 3.05) is 5.32 Å². The molecule has 2 aromatic heterocycles. The molecule has 0 saturated heterocycles. The van der Waals surface area contributed by atoms with Crippen molar-refractivity contribution in [3.8, 4) is 0 Å². The maximum atomic E-state index is 4.84. The van der Waals surface area contributed by atoms with Crippen LogP contribution < -0.4 is 5.32 Å². The lowest BCUT2D eigenvalue weighted by molar-refractivity contribution is 1.40. The second-order valence-electron chi connectivity index (χ2n) is 5.97. The largest absolute Gasteiger partial charge is 0.354 e. The van der Waals surface area contributed by atoms with Crippen LogP contribution in [0.3, 0.4) is 0 Å². The number of fused-ring (bicyclic) bond motifs is 5. The Hall–Kier alpha value is -2.85. The van der Waals surface area contributed by atoms with E-state index in [1.807, 2.05) is 18.2 Å². The first-order chi connectivity index (χ1) is 11.8. The zero-order chi connectivity index (χ0) is 16.1. The van der Waals surface area contributed by atoms with E-state index in [1.165, 1.54) is 32.1 Å². The van der Waals surface area contributed by atoms with Crippen LogP contribution in [0.4, 0.5) is 10.8 Å². The molecule has 4 heteroatoms. The Morgan fingerprint density at radius 1 is 0.958 bits per heavy atom. The van der Waals surface area contributed by atoms with Crippen molar-refractivity contribution in [2.45, 2.75) is 6.92 Å². The summed E-state index contributed by atoms with van der Waals surface area (Å²) in [7, 11) is 0. The minimum absolute atomic E-state index is 0.928. The second kappa shape index (κ2) is 5.08. The number of aromatic amines is 1. The molecule has 0 aliphatic rings. The molecule has 0 fully saturated rings. The fraction of sp³-hybridized carbons (Fsp3) is 0.0500. The standard InChI is InChI=1S/C20H15N3S/c1-12-11-16-17(14-9-5-6-10-15(14)22-16)19-18(12)23-20(24-19)21-13-7-3-2-4-8-13/h2-11,22H,1H3,(H,21,23). The van der Waals surface area contributed by atoms with E-state index in [1.54, 1.807) is 11.3 Å². The monoisotopic (exact) mass is 329 g/mol. The predicted octanol–water partition coefficient (Wildman–Crippen LogP) is 5.98. The minimum Gasteiger partial charge on any atom is -0.354 e. The zero-order valence-electron chi connectivity index (χ0n) is 13.1. The van der Waals surface area contributed by atoms with E-state index in [9.17, 15) is 0 Å². The summed E-state index contributed by atoms with van der Waals surface area (Å²) in [4.78, 5) is 8.37. The predicted molar refractivity (Wildman–Crippen MR) is 103 cm³/mol. The number of anilines is 2. The molecule has 0 saturated carbocycles. The number of nitrogens with one attached hydrogen (secondary N) is 2. The average molecular weight is 329 g/mol. The van der Waals surface area contributed by atoms with E-state index in [-0.39, 0.29) is 0 Å². The molecule has 0 aliphatic heterocycles. The van der Waals surface area contributed by atoms with Gasteiger partial charge in [-0.2, -0.15) is 0 Å². The van der Waals surface area contributed by atoms with E-state index >= 15 is 0 Å². The number of aromatic nitrogens is 2. The smallest absolute Gasteiger partial charge is 0.188 e. The number of nitrogens with zero attached hydrogens (tertiary/aromatic N) is 1. The van der Waals surface area contributed by atoms with Crippen LogP contribution in [0.15, 0.2) is 60.7 Å². The van der Waals surface area contributed by atoms with Crippen molar-refractivity contribution in [3.63, 3.8) is 0 Å². The summed E-state index contributed by atoms with van der Waals surface area (Å²) in [6.45, 7) is 2.12. The van der Waals surface area contributed by atoms with Gasteiger partial charge >= 0.3 is 0 Å². The lowest BCUT2D eigenvalue weighted by Crippen LogP contribution is -1.88. The summed E-state index contributed by atoms with van der Waals surface area (Å²) < 4.78 is 1.24. The number of hydrogen-bond acceptors (Lipinski definition) is 3. The van der Waals surface area contributed by atoms with E-state index in [0.29, 0.717) is 0 Å². The second-order valence-corrected chi connectivity index (χ2v) is 6.97. The maximum absolute atomic E-state index is 4.84. The molecular formula is C20H15N3S. The summed E-state index contributed by atoms with van der Waals surface area (Å²) in [6, 6.07) is 20.8. The molecule has 3 nitrogen and oxygen atoms in total.